The van der Waals surface area contributed by atoms with Gasteiger partial charge in [-0.2, -0.15) is 0 Å². The van der Waals surface area contributed by atoms with Gasteiger partial charge in [-0.3, -0.25) is 9.59 Å². The molecular formula is C19H30ClN3O3. The van der Waals surface area contributed by atoms with Crippen LogP contribution in [-0.4, -0.2) is 41.2 Å². The molecule has 0 aromatic heterocycles. The second-order valence-corrected chi connectivity index (χ2v) is 7.27. The molecule has 1 aliphatic rings. The third-order valence-corrected chi connectivity index (χ3v) is 4.26. The van der Waals surface area contributed by atoms with E-state index in [1.807, 2.05) is 44.2 Å². The quantitative estimate of drug-likeness (QED) is 0.513. The summed E-state index contributed by atoms with van der Waals surface area (Å²) in [7, 11) is 0. The van der Waals surface area contributed by atoms with Crippen LogP contribution in [0, 0.1) is 5.92 Å². The minimum Gasteiger partial charge on any atom is -0.381 e. The number of aliphatic hydroxyl groups is 1. The van der Waals surface area contributed by atoms with Crippen molar-refractivity contribution in [2.75, 3.05) is 0 Å². The molecule has 1 aromatic carbocycles. The lowest BCUT2D eigenvalue weighted by Gasteiger charge is -2.25. The number of benzene rings is 1. The van der Waals surface area contributed by atoms with Crippen molar-refractivity contribution in [1.29, 1.82) is 0 Å². The van der Waals surface area contributed by atoms with Crippen molar-refractivity contribution >= 4 is 24.2 Å². The number of carbonyl (C=O) groups is 2. The first-order valence-electron chi connectivity index (χ1n) is 8.95. The normalized spacial score (nSPS) is 17.0. The Labute approximate surface area is 161 Å². The number of hydrogen-bond donors (Lipinski definition) is 4. The van der Waals surface area contributed by atoms with E-state index in [4.69, 9.17) is 5.73 Å². The van der Waals surface area contributed by atoms with E-state index in [1.165, 1.54) is 0 Å². The van der Waals surface area contributed by atoms with E-state index in [2.05, 4.69) is 10.6 Å². The zero-order valence-corrected chi connectivity index (χ0v) is 16.2. The molecule has 0 radical (unpaired) electrons. The second kappa shape index (κ2) is 10.5. The summed E-state index contributed by atoms with van der Waals surface area (Å²) in [5, 5.41) is 16.0. The first-order valence-corrected chi connectivity index (χ1v) is 8.95. The van der Waals surface area contributed by atoms with Crippen LogP contribution < -0.4 is 16.4 Å². The number of halogens is 1. The van der Waals surface area contributed by atoms with Crippen molar-refractivity contribution in [2.45, 2.75) is 63.8 Å². The molecule has 0 aliphatic heterocycles. The number of amides is 2. The molecule has 146 valence electrons. The molecule has 0 spiro atoms. The van der Waals surface area contributed by atoms with Gasteiger partial charge in [0.1, 0.15) is 0 Å². The van der Waals surface area contributed by atoms with E-state index in [0.717, 1.165) is 18.4 Å². The Morgan fingerprint density at radius 1 is 1.19 bits per heavy atom. The molecule has 0 bridgehead atoms. The lowest BCUT2D eigenvalue weighted by molar-refractivity contribution is -0.132. The van der Waals surface area contributed by atoms with Gasteiger partial charge in [0.25, 0.3) is 5.91 Å². The van der Waals surface area contributed by atoms with E-state index in [1.54, 1.807) is 0 Å². The fourth-order valence-corrected chi connectivity index (χ4v) is 2.71. The molecule has 1 aromatic rings. The number of rotatable bonds is 9. The Kier molecular flexibility index (Phi) is 9.05. The first-order chi connectivity index (χ1) is 11.9. The molecule has 26 heavy (non-hydrogen) atoms. The van der Waals surface area contributed by atoms with Crippen molar-refractivity contribution in [3.63, 3.8) is 0 Å². The Morgan fingerprint density at radius 2 is 1.81 bits per heavy atom. The van der Waals surface area contributed by atoms with Crippen LogP contribution in [0.2, 0.25) is 0 Å². The number of carbonyl (C=O) groups excluding carboxylic acids is 2. The second-order valence-electron chi connectivity index (χ2n) is 7.27. The van der Waals surface area contributed by atoms with Gasteiger partial charge in [0.15, 0.2) is 6.10 Å². The molecule has 1 saturated carbocycles. The Hall–Kier alpha value is -1.63. The van der Waals surface area contributed by atoms with Gasteiger partial charge >= 0.3 is 0 Å². The maximum Gasteiger partial charge on any atom is 0.251 e. The van der Waals surface area contributed by atoms with E-state index >= 15 is 0 Å². The van der Waals surface area contributed by atoms with Crippen molar-refractivity contribution < 1.29 is 14.7 Å². The molecule has 3 atom stereocenters. The summed E-state index contributed by atoms with van der Waals surface area (Å²) in [4.78, 5) is 24.6. The van der Waals surface area contributed by atoms with Crippen LogP contribution in [0.4, 0.5) is 0 Å². The molecule has 5 N–H and O–H groups in total. The Balaban J connectivity index is 0.00000338. The van der Waals surface area contributed by atoms with Gasteiger partial charge < -0.3 is 21.5 Å². The SMILES string of the molecule is CC(C)C[C@H](N)C(=O)N[C@@H](Cc1ccccc1)C(O)C(=O)NC1CC1.Cl. The van der Waals surface area contributed by atoms with Crippen LogP contribution >= 0.6 is 12.4 Å². The van der Waals surface area contributed by atoms with Crippen molar-refractivity contribution in [2.24, 2.45) is 11.7 Å². The maximum absolute atomic E-state index is 12.4. The van der Waals surface area contributed by atoms with Gasteiger partial charge in [0.05, 0.1) is 12.1 Å². The van der Waals surface area contributed by atoms with Crippen molar-refractivity contribution in [1.82, 2.24) is 10.6 Å². The maximum atomic E-state index is 12.4. The number of nitrogens with two attached hydrogens (primary N) is 1. The first kappa shape index (κ1) is 22.4. The Bertz CT molecular complexity index is 579. The number of aliphatic hydroxyl groups excluding tert-OH is 1. The van der Waals surface area contributed by atoms with Crippen LogP contribution in [-0.2, 0) is 16.0 Å². The summed E-state index contributed by atoms with van der Waals surface area (Å²) >= 11 is 0. The Morgan fingerprint density at radius 3 is 2.35 bits per heavy atom. The summed E-state index contributed by atoms with van der Waals surface area (Å²) in [6.45, 7) is 3.99. The molecule has 0 saturated heterocycles. The van der Waals surface area contributed by atoms with Crippen LogP contribution in [0.5, 0.6) is 0 Å². The van der Waals surface area contributed by atoms with Crippen molar-refractivity contribution in [3.8, 4) is 0 Å². The highest BCUT2D eigenvalue weighted by Crippen LogP contribution is 2.19. The molecule has 6 nitrogen and oxygen atoms in total. The van der Waals surface area contributed by atoms with E-state index in [-0.39, 0.29) is 30.3 Å². The van der Waals surface area contributed by atoms with E-state index in [9.17, 15) is 14.7 Å². The molecule has 0 heterocycles. The predicted molar refractivity (Wildman–Crippen MR) is 104 cm³/mol. The standard InChI is InChI=1S/C19H29N3O3.ClH/c1-12(2)10-15(20)18(24)22-16(11-13-6-4-3-5-7-13)17(23)19(25)21-14-8-9-14;/h3-7,12,14-17,23H,8-11,20H2,1-2H3,(H,21,25)(H,22,24);1H/t15-,16-,17?;/m0./s1. The lowest BCUT2D eigenvalue weighted by atomic mass is 9.98. The number of nitrogens with one attached hydrogen (secondary N) is 2. The summed E-state index contributed by atoms with van der Waals surface area (Å²) in [5.41, 5.74) is 6.87. The summed E-state index contributed by atoms with van der Waals surface area (Å²) in [6.07, 6.45) is 1.48. The average Bonchev–Trinajstić information content (AvgIpc) is 3.37. The molecule has 2 rings (SSSR count). The zero-order chi connectivity index (χ0) is 18.4. The highest BCUT2D eigenvalue weighted by atomic mass is 35.5. The molecule has 1 fully saturated rings. The largest absolute Gasteiger partial charge is 0.381 e. The van der Waals surface area contributed by atoms with Gasteiger partial charge in [-0.05, 0) is 37.2 Å². The molecule has 1 unspecified atom stereocenters. The molecule has 1 aliphatic carbocycles. The van der Waals surface area contributed by atoms with Crippen LogP contribution in [0.3, 0.4) is 0 Å². The van der Waals surface area contributed by atoms with E-state index < -0.39 is 24.1 Å². The van der Waals surface area contributed by atoms with Crippen LogP contribution in [0.15, 0.2) is 30.3 Å². The van der Waals surface area contributed by atoms with Crippen LogP contribution in [0.25, 0.3) is 0 Å². The average molecular weight is 384 g/mol. The van der Waals surface area contributed by atoms with E-state index in [0.29, 0.717) is 12.8 Å². The predicted octanol–water partition coefficient (Wildman–Crippen LogP) is 1.15. The molecular weight excluding hydrogens is 354 g/mol. The molecule has 7 heteroatoms. The summed E-state index contributed by atoms with van der Waals surface area (Å²) in [5.74, 6) is -0.495. The van der Waals surface area contributed by atoms with Gasteiger partial charge in [-0.15, -0.1) is 12.4 Å². The minimum atomic E-state index is -1.31. The minimum absolute atomic E-state index is 0. The number of hydrogen-bond acceptors (Lipinski definition) is 4. The third-order valence-electron chi connectivity index (χ3n) is 4.26. The zero-order valence-electron chi connectivity index (χ0n) is 15.4. The third kappa shape index (κ3) is 7.32. The fourth-order valence-electron chi connectivity index (χ4n) is 2.71. The highest BCUT2D eigenvalue weighted by molar-refractivity contribution is 5.85. The van der Waals surface area contributed by atoms with Gasteiger partial charge in [0, 0.05) is 6.04 Å². The monoisotopic (exact) mass is 383 g/mol. The van der Waals surface area contributed by atoms with Gasteiger partial charge in [-0.1, -0.05) is 44.2 Å². The fraction of sp³-hybridized carbons (Fsp3) is 0.579. The smallest absolute Gasteiger partial charge is 0.251 e. The summed E-state index contributed by atoms with van der Waals surface area (Å²) in [6, 6.07) is 8.25. The van der Waals surface area contributed by atoms with Crippen LogP contribution in [0.1, 0.15) is 38.7 Å². The molecule has 2 amide bonds. The lowest BCUT2D eigenvalue weighted by Crippen LogP contribution is -2.55. The van der Waals surface area contributed by atoms with Crippen molar-refractivity contribution in [3.05, 3.63) is 35.9 Å². The topological polar surface area (TPSA) is 104 Å². The highest BCUT2D eigenvalue weighted by Gasteiger charge is 2.32. The van der Waals surface area contributed by atoms with Gasteiger partial charge in [0.2, 0.25) is 5.91 Å². The summed E-state index contributed by atoms with van der Waals surface area (Å²) < 4.78 is 0. The van der Waals surface area contributed by atoms with Gasteiger partial charge in [-0.25, -0.2) is 0 Å².